The maximum absolute atomic E-state index is 10.9. The molecule has 0 radical (unpaired) electrons. The van der Waals surface area contributed by atoms with Crippen molar-refractivity contribution in [3.05, 3.63) is 0 Å². The van der Waals surface area contributed by atoms with Crippen molar-refractivity contribution in [2.75, 3.05) is 13.2 Å². The van der Waals surface area contributed by atoms with E-state index in [4.69, 9.17) is 10.2 Å². The predicted octanol–water partition coefficient (Wildman–Crippen LogP) is -0.186. The second-order valence-corrected chi connectivity index (χ2v) is 3.21. The lowest BCUT2D eigenvalue weighted by Crippen LogP contribution is -2.43. The molecule has 0 unspecified atom stereocenters. The molecule has 0 aliphatic rings. The number of carbonyl (C=O) groups excluding carboxylic acids is 1. The van der Waals surface area contributed by atoms with Crippen molar-refractivity contribution >= 4 is 12.1 Å². The summed E-state index contributed by atoms with van der Waals surface area (Å²) in [4.78, 5) is 21.3. The van der Waals surface area contributed by atoms with E-state index in [0.717, 1.165) is 0 Å². The van der Waals surface area contributed by atoms with Crippen LogP contribution in [0.15, 0.2) is 0 Å². The van der Waals surface area contributed by atoms with E-state index in [1.807, 2.05) is 19.2 Å². The number of hydrogen-bond donors (Lipinski definition) is 3. The molecule has 0 rings (SSSR count). The third kappa shape index (κ3) is 5.36. The molecule has 0 saturated heterocycles. The number of rotatable bonds is 5. The molecular weight excluding hydrogens is 190 g/mol. The van der Waals surface area contributed by atoms with Gasteiger partial charge in [-0.15, -0.1) is 0 Å². The minimum absolute atomic E-state index is 0.179. The summed E-state index contributed by atoms with van der Waals surface area (Å²) in [6.07, 6.45) is -0.833. The first-order chi connectivity index (χ1) is 6.47. The van der Waals surface area contributed by atoms with E-state index in [1.54, 1.807) is 0 Å². The van der Waals surface area contributed by atoms with Gasteiger partial charge in [-0.3, -0.25) is 0 Å². The summed E-state index contributed by atoms with van der Waals surface area (Å²) >= 11 is 0. The van der Waals surface area contributed by atoms with E-state index in [2.05, 4.69) is 4.74 Å². The van der Waals surface area contributed by atoms with Crippen LogP contribution in [-0.4, -0.2) is 41.5 Å². The number of aliphatic carboxylic acids is 1. The van der Waals surface area contributed by atoms with E-state index < -0.39 is 24.7 Å². The van der Waals surface area contributed by atoms with E-state index in [9.17, 15) is 9.59 Å². The molecular formula is C8H15NO5. The van der Waals surface area contributed by atoms with Gasteiger partial charge in [-0.1, -0.05) is 13.8 Å². The SMILES string of the molecule is CC(C)COC(=O)N[C@H](CO)C(=O)O. The van der Waals surface area contributed by atoms with Crippen molar-refractivity contribution in [3.63, 3.8) is 0 Å². The van der Waals surface area contributed by atoms with Crippen LogP contribution in [-0.2, 0) is 9.53 Å². The zero-order valence-electron chi connectivity index (χ0n) is 8.19. The fourth-order valence-corrected chi connectivity index (χ4v) is 0.612. The Morgan fingerprint density at radius 2 is 2.00 bits per heavy atom. The number of alkyl carbamates (subject to hydrolysis) is 1. The number of carboxylic acid groups (broad SMARTS) is 1. The molecule has 0 aromatic carbocycles. The van der Waals surface area contributed by atoms with Crippen LogP contribution >= 0.6 is 0 Å². The van der Waals surface area contributed by atoms with Crippen LogP contribution < -0.4 is 5.32 Å². The first-order valence-corrected chi connectivity index (χ1v) is 4.24. The Balaban J connectivity index is 3.85. The molecule has 0 saturated carbocycles. The zero-order chi connectivity index (χ0) is 11.1. The fourth-order valence-electron chi connectivity index (χ4n) is 0.612. The van der Waals surface area contributed by atoms with Crippen LogP contribution in [0.3, 0.4) is 0 Å². The van der Waals surface area contributed by atoms with Gasteiger partial charge in [0.15, 0.2) is 6.04 Å². The fraction of sp³-hybridized carbons (Fsp3) is 0.750. The van der Waals surface area contributed by atoms with Gasteiger partial charge in [-0.05, 0) is 5.92 Å². The third-order valence-corrected chi connectivity index (χ3v) is 1.32. The number of carboxylic acids is 1. The van der Waals surface area contributed by atoms with Crippen molar-refractivity contribution in [2.24, 2.45) is 5.92 Å². The van der Waals surface area contributed by atoms with Crippen molar-refractivity contribution < 1.29 is 24.5 Å². The minimum Gasteiger partial charge on any atom is -0.480 e. The van der Waals surface area contributed by atoms with Gasteiger partial charge in [0.05, 0.1) is 13.2 Å². The van der Waals surface area contributed by atoms with E-state index in [1.165, 1.54) is 0 Å². The summed E-state index contributed by atoms with van der Waals surface area (Å²) in [5.74, 6) is -1.12. The largest absolute Gasteiger partial charge is 0.480 e. The van der Waals surface area contributed by atoms with Gasteiger partial charge in [0, 0.05) is 0 Å². The molecule has 0 aromatic heterocycles. The molecule has 1 atom stereocenters. The van der Waals surface area contributed by atoms with Gasteiger partial charge in [0.1, 0.15) is 0 Å². The van der Waals surface area contributed by atoms with Gasteiger partial charge in [-0.2, -0.15) is 0 Å². The topological polar surface area (TPSA) is 95.9 Å². The van der Waals surface area contributed by atoms with Crippen LogP contribution in [0.2, 0.25) is 0 Å². The molecule has 0 aliphatic carbocycles. The summed E-state index contributed by atoms with van der Waals surface area (Å²) < 4.78 is 4.66. The number of nitrogens with one attached hydrogen (secondary N) is 1. The molecule has 6 nitrogen and oxygen atoms in total. The average molecular weight is 205 g/mol. The van der Waals surface area contributed by atoms with Crippen LogP contribution in [0, 0.1) is 5.92 Å². The van der Waals surface area contributed by atoms with E-state index in [-0.39, 0.29) is 12.5 Å². The Morgan fingerprint density at radius 1 is 1.43 bits per heavy atom. The first kappa shape index (κ1) is 12.7. The number of aliphatic hydroxyl groups excluding tert-OH is 1. The van der Waals surface area contributed by atoms with E-state index >= 15 is 0 Å². The smallest absolute Gasteiger partial charge is 0.407 e. The van der Waals surface area contributed by atoms with Crippen LogP contribution in [0.1, 0.15) is 13.8 Å². The summed E-state index contributed by atoms with van der Waals surface area (Å²) in [7, 11) is 0. The molecule has 0 aromatic rings. The van der Waals surface area contributed by atoms with Crippen molar-refractivity contribution in [3.8, 4) is 0 Å². The molecule has 1 amide bonds. The molecule has 82 valence electrons. The lowest BCUT2D eigenvalue weighted by molar-refractivity contribution is -0.140. The molecule has 6 heteroatoms. The Morgan fingerprint density at radius 3 is 2.36 bits per heavy atom. The second kappa shape index (κ2) is 6.20. The highest BCUT2D eigenvalue weighted by Gasteiger charge is 2.19. The number of hydrogen-bond acceptors (Lipinski definition) is 4. The van der Waals surface area contributed by atoms with Crippen LogP contribution in [0.25, 0.3) is 0 Å². The molecule has 0 bridgehead atoms. The Kier molecular flexibility index (Phi) is 5.62. The van der Waals surface area contributed by atoms with Crippen molar-refractivity contribution in [2.45, 2.75) is 19.9 Å². The Labute approximate surface area is 81.9 Å². The number of ether oxygens (including phenoxy) is 1. The summed E-state index contributed by atoms with van der Waals surface area (Å²) in [5, 5.41) is 19.1. The minimum atomic E-state index is -1.31. The highest BCUT2D eigenvalue weighted by atomic mass is 16.5. The van der Waals surface area contributed by atoms with Crippen molar-refractivity contribution in [1.82, 2.24) is 5.32 Å². The van der Waals surface area contributed by atoms with Gasteiger partial charge < -0.3 is 20.3 Å². The molecule has 0 fully saturated rings. The standard InChI is InChI=1S/C8H15NO5/c1-5(2)4-14-8(13)9-6(3-10)7(11)12/h5-6,10H,3-4H2,1-2H3,(H,9,13)(H,11,12)/t6-/m1/s1. The molecule has 0 spiro atoms. The Hall–Kier alpha value is -1.30. The van der Waals surface area contributed by atoms with Gasteiger partial charge in [-0.25, -0.2) is 9.59 Å². The van der Waals surface area contributed by atoms with Crippen molar-refractivity contribution in [1.29, 1.82) is 0 Å². The van der Waals surface area contributed by atoms with Crippen LogP contribution in [0.4, 0.5) is 4.79 Å². The maximum Gasteiger partial charge on any atom is 0.407 e. The summed E-state index contributed by atoms with van der Waals surface area (Å²) in [5.41, 5.74) is 0. The van der Waals surface area contributed by atoms with E-state index in [0.29, 0.717) is 0 Å². The van der Waals surface area contributed by atoms with Gasteiger partial charge >= 0.3 is 12.1 Å². The Bertz CT molecular complexity index is 204. The second-order valence-electron chi connectivity index (χ2n) is 3.21. The monoisotopic (exact) mass is 205 g/mol. The number of amides is 1. The third-order valence-electron chi connectivity index (χ3n) is 1.32. The van der Waals surface area contributed by atoms with Gasteiger partial charge in [0.25, 0.3) is 0 Å². The highest BCUT2D eigenvalue weighted by Crippen LogP contribution is 1.93. The quantitative estimate of drug-likeness (QED) is 0.578. The van der Waals surface area contributed by atoms with Gasteiger partial charge in [0.2, 0.25) is 0 Å². The zero-order valence-corrected chi connectivity index (χ0v) is 8.19. The molecule has 0 heterocycles. The number of aliphatic hydroxyl groups is 1. The molecule has 0 aliphatic heterocycles. The molecule has 3 N–H and O–H groups in total. The lowest BCUT2D eigenvalue weighted by atomic mass is 10.2. The average Bonchev–Trinajstić information content (AvgIpc) is 2.10. The maximum atomic E-state index is 10.9. The predicted molar refractivity (Wildman–Crippen MR) is 47.8 cm³/mol. The molecule has 14 heavy (non-hydrogen) atoms. The first-order valence-electron chi connectivity index (χ1n) is 4.24. The summed E-state index contributed by atoms with van der Waals surface area (Å²) in [6, 6.07) is -1.31. The normalized spacial score (nSPS) is 12.3. The highest BCUT2D eigenvalue weighted by molar-refractivity contribution is 5.79. The number of carbonyl (C=O) groups is 2. The lowest BCUT2D eigenvalue weighted by Gasteiger charge is -2.12. The van der Waals surface area contributed by atoms with Crippen LogP contribution in [0.5, 0.6) is 0 Å². The summed E-state index contributed by atoms with van der Waals surface area (Å²) in [6.45, 7) is 3.26.